The van der Waals surface area contributed by atoms with E-state index in [9.17, 15) is 13.6 Å². The summed E-state index contributed by atoms with van der Waals surface area (Å²) in [7, 11) is 0. The second-order valence-electron chi connectivity index (χ2n) is 6.92. The van der Waals surface area contributed by atoms with Gasteiger partial charge in [0.05, 0.1) is 10.8 Å². The molecule has 1 amide bonds. The molecule has 32 heavy (non-hydrogen) atoms. The Morgan fingerprint density at radius 2 is 1.78 bits per heavy atom. The second-order valence-corrected chi connectivity index (χ2v) is 8.27. The largest absolute Gasteiger partial charge is 0.325 e. The van der Waals surface area contributed by atoms with Gasteiger partial charge in [-0.05, 0) is 43.3 Å². The van der Waals surface area contributed by atoms with E-state index < -0.39 is 17.5 Å². The van der Waals surface area contributed by atoms with Crippen LogP contribution in [0.4, 0.5) is 14.5 Å². The van der Waals surface area contributed by atoms with Crippen molar-refractivity contribution in [1.29, 1.82) is 0 Å². The Hall–Kier alpha value is -3.23. The zero-order valence-corrected chi connectivity index (χ0v) is 18.4. The van der Waals surface area contributed by atoms with Gasteiger partial charge in [-0.2, -0.15) is 0 Å². The number of hydrogen-bond acceptors (Lipinski definition) is 4. The van der Waals surface area contributed by atoms with Crippen molar-refractivity contribution in [1.82, 2.24) is 14.8 Å². The summed E-state index contributed by atoms with van der Waals surface area (Å²) in [6.07, 6.45) is 0. The molecule has 4 aromatic rings. The number of carbonyl (C=O) groups excluding carboxylic acids is 1. The molecule has 0 aliphatic rings. The van der Waals surface area contributed by atoms with Crippen molar-refractivity contribution in [3.63, 3.8) is 0 Å². The summed E-state index contributed by atoms with van der Waals surface area (Å²) < 4.78 is 28.3. The molecule has 0 unspecified atom stereocenters. The zero-order chi connectivity index (χ0) is 22.7. The number of aryl methyl sites for hydroxylation is 1. The summed E-state index contributed by atoms with van der Waals surface area (Å²) >= 11 is 7.55. The van der Waals surface area contributed by atoms with E-state index in [0.29, 0.717) is 21.6 Å². The van der Waals surface area contributed by atoms with Crippen LogP contribution in [0.1, 0.15) is 5.56 Å². The number of benzene rings is 3. The molecule has 1 heterocycles. The maximum Gasteiger partial charge on any atom is 0.234 e. The summed E-state index contributed by atoms with van der Waals surface area (Å²) in [6, 6.07) is 18.3. The first-order valence-electron chi connectivity index (χ1n) is 9.57. The van der Waals surface area contributed by atoms with E-state index in [1.165, 1.54) is 17.8 Å². The molecule has 0 spiro atoms. The van der Waals surface area contributed by atoms with Gasteiger partial charge in [0.15, 0.2) is 22.6 Å². The maximum absolute atomic E-state index is 13.4. The number of nitrogens with zero attached hydrogens (tertiary/aromatic N) is 3. The Balaban J connectivity index is 1.61. The van der Waals surface area contributed by atoms with E-state index in [2.05, 4.69) is 15.5 Å². The number of amides is 1. The first kappa shape index (κ1) is 22.0. The number of nitrogens with one attached hydrogen (secondary N) is 1. The fourth-order valence-electron chi connectivity index (χ4n) is 3.01. The van der Waals surface area contributed by atoms with Crippen LogP contribution in [-0.2, 0) is 4.79 Å². The summed E-state index contributed by atoms with van der Waals surface area (Å²) in [5.74, 6) is -1.86. The van der Waals surface area contributed by atoms with Crippen molar-refractivity contribution in [2.45, 2.75) is 12.1 Å². The second kappa shape index (κ2) is 9.50. The number of anilines is 1. The topological polar surface area (TPSA) is 59.8 Å². The van der Waals surface area contributed by atoms with E-state index in [0.717, 1.165) is 23.4 Å². The van der Waals surface area contributed by atoms with E-state index in [1.807, 2.05) is 54.0 Å². The van der Waals surface area contributed by atoms with Gasteiger partial charge in [-0.1, -0.05) is 53.2 Å². The van der Waals surface area contributed by atoms with Gasteiger partial charge in [-0.15, -0.1) is 10.2 Å². The van der Waals surface area contributed by atoms with Crippen LogP contribution in [-0.4, -0.2) is 26.4 Å². The summed E-state index contributed by atoms with van der Waals surface area (Å²) in [4.78, 5) is 12.4. The smallest absolute Gasteiger partial charge is 0.234 e. The van der Waals surface area contributed by atoms with E-state index in [4.69, 9.17) is 11.6 Å². The molecule has 162 valence electrons. The SMILES string of the molecule is Cc1ccc(-n2c(SCC(=O)Nc3ccc(F)c(F)c3)nnc2-c2ccccc2Cl)cc1. The third kappa shape index (κ3) is 4.81. The van der Waals surface area contributed by atoms with Crippen LogP contribution < -0.4 is 5.32 Å². The molecule has 0 fully saturated rings. The minimum absolute atomic E-state index is 0.00842. The van der Waals surface area contributed by atoms with Crippen LogP contribution in [0.5, 0.6) is 0 Å². The van der Waals surface area contributed by atoms with Gasteiger partial charge in [0, 0.05) is 23.0 Å². The van der Waals surface area contributed by atoms with Crippen LogP contribution in [0.25, 0.3) is 17.1 Å². The van der Waals surface area contributed by atoms with Crippen molar-refractivity contribution in [2.75, 3.05) is 11.1 Å². The van der Waals surface area contributed by atoms with Gasteiger partial charge in [0.1, 0.15) is 0 Å². The average molecular weight is 471 g/mol. The number of aromatic nitrogens is 3. The Labute approximate surface area is 192 Å². The minimum Gasteiger partial charge on any atom is -0.325 e. The minimum atomic E-state index is -1.03. The van der Waals surface area contributed by atoms with E-state index >= 15 is 0 Å². The Morgan fingerprint density at radius 1 is 1.03 bits per heavy atom. The van der Waals surface area contributed by atoms with Crippen molar-refractivity contribution < 1.29 is 13.6 Å². The fraction of sp³-hybridized carbons (Fsp3) is 0.0870. The predicted molar refractivity (Wildman–Crippen MR) is 122 cm³/mol. The summed E-state index contributed by atoms with van der Waals surface area (Å²) in [5, 5.41) is 12.1. The Kier molecular flexibility index (Phi) is 6.53. The van der Waals surface area contributed by atoms with Gasteiger partial charge in [-0.25, -0.2) is 8.78 Å². The molecule has 3 aromatic carbocycles. The average Bonchev–Trinajstić information content (AvgIpc) is 3.19. The van der Waals surface area contributed by atoms with Crippen LogP contribution in [0.3, 0.4) is 0 Å². The van der Waals surface area contributed by atoms with Crippen LogP contribution in [0.2, 0.25) is 5.02 Å². The van der Waals surface area contributed by atoms with Crippen LogP contribution in [0.15, 0.2) is 71.9 Å². The molecule has 0 saturated carbocycles. The summed E-state index contributed by atoms with van der Waals surface area (Å²) in [6.45, 7) is 1.99. The highest BCUT2D eigenvalue weighted by Crippen LogP contribution is 2.32. The number of carbonyl (C=O) groups is 1. The van der Waals surface area contributed by atoms with Gasteiger partial charge in [0.2, 0.25) is 5.91 Å². The highest BCUT2D eigenvalue weighted by atomic mass is 35.5. The van der Waals surface area contributed by atoms with Crippen molar-refractivity contribution in [3.8, 4) is 17.1 Å². The number of hydrogen-bond donors (Lipinski definition) is 1. The van der Waals surface area contributed by atoms with Gasteiger partial charge >= 0.3 is 0 Å². The molecule has 0 aliphatic heterocycles. The number of rotatable bonds is 6. The highest BCUT2D eigenvalue weighted by molar-refractivity contribution is 7.99. The first-order chi connectivity index (χ1) is 15.4. The monoisotopic (exact) mass is 470 g/mol. The third-order valence-electron chi connectivity index (χ3n) is 4.58. The molecule has 1 N–H and O–H groups in total. The molecule has 5 nitrogen and oxygen atoms in total. The molecule has 0 aliphatic carbocycles. The molecule has 0 radical (unpaired) electrons. The normalized spacial score (nSPS) is 10.9. The van der Waals surface area contributed by atoms with Crippen molar-refractivity contribution >= 4 is 35.0 Å². The third-order valence-corrected chi connectivity index (χ3v) is 5.83. The quantitative estimate of drug-likeness (QED) is 0.356. The predicted octanol–water partition coefficient (Wildman–Crippen LogP) is 5.91. The van der Waals surface area contributed by atoms with E-state index in [1.54, 1.807) is 6.07 Å². The summed E-state index contributed by atoms with van der Waals surface area (Å²) in [5.41, 5.74) is 2.80. The van der Waals surface area contributed by atoms with Crippen LogP contribution >= 0.6 is 23.4 Å². The lowest BCUT2D eigenvalue weighted by Crippen LogP contribution is -2.15. The Bertz CT molecular complexity index is 1280. The van der Waals surface area contributed by atoms with Gasteiger partial charge < -0.3 is 5.32 Å². The lowest BCUT2D eigenvalue weighted by Gasteiger charge is -2.11. The molecular weight excluding hydrogens is 454 g/mol. The molecule has 1 aromatic heterocycles. The zero-order valence-electron chi connectivity index (χ0n) is 16.8. The molecule has 9 heteroatoms. The lowest BCUT2D eigenvalue weighted by molar-refractivity contribution is -0.113. The molecule has 4 rings (SSSR count). The fourth-order valence-corrected chi connectivity index (χ4v) is 3.98. The lowest BCUT2D eigenvalue weighted by atomic mass is 10.2. The maximum atomic E-state index is 13.4. The van der Waals surface area contributed by atoms with E-state index in [-0.39, 0.29) is 11.4 Å². The molecule has 0 atom stereocenters. The first-order valence-corrected chi connectivity index (χ1v) is 10.9. The molecular formula is C23H17ClF2N4OS. The molecule has 0 bridgehead atoms. The van der Waals surface area contributed by atoms with Gasteiger partial charge in [-0.3, -0.25) is 9.36 Å². The number of thioether (sulfide) groups is 1. The van der Waals surface area contributed by atoms with Gasteiger partial charge in [0.25, 0.3) is 0 Å². The Morgan fingerprint density at radius 3 is 2.50 bits per heavy atom. The highest BCUT2D eigenvalue weighted by Gasteiger charge is 2.19. The van der Waals surface area contributed by atoms with Crippen molar-refractivity contribution in [3.05, 3.63) is 89.0 Å². The van der Waals surface area contributed by atoms with Crippen LogP contribution in [0, 0.1) is 18.6 Å². The molecule has 0 saturated heterocycles. The standard InChI is InChI=1S/C23H17ClF2N4OS/c1-14-6-9-16(10-7-14)30-22(17-4-2-3-5-18(17)24)28-29-23(30)32-13-21(31)27-15-8-11-19(25)20(26)12-15/h2-12H,13H2,1H3,(H,27,31). The number of halogens is 3. The van der Waals surface area contributed by atoms with Crippen molar-refractivity contribution in [2.24, 2.45) is 0 Å².